The quantitative estimate of drug-likeness (QED) is 0.330. The van der Waals surface area contributed by atoms with Crippen LogP contribution in [-0.2, 0) is 22.8 Å². The van der Waals surface area contributed by atoms with E-state index in [4.69, 9.17) is 0 Å². The monoisotopic (exact) mass is 485 g/mol. The zero-order valence-electron chi connectivity index (χ0n) is 18.6. The minimum atomic E-state index is -4.66. The number of nitrogens with zero attached hydrogens (tertiary/aromatic N) is 3. The Bertz CT molecular complexity index is 1450. The first-order chi connectivity index (χ1) is 16.3. The third kappa shape index (κ3) is 4.23. The molecule has 0 amide bonds. The van der Waals surface area contributed by atoms with Gasteiger partial charge in [-0.1, -0.05) is 19.4 Å². The van der Waals surface area contributed by atoms with E-state index in [1.807, 2.05) is 13.8 Å². The summed E-state index contributed by atoms with van der Waals surface area (Å²) >= 11 is 0. The second kappa shape index (κ2) is 9.42. The molecule has 0 aliphatic rings. The van der Waals surface area contributed by atoms with Gasteiger partial charge >= 0.3 is 0 Å². The highest BCUT2D eigenvalue weighted by molar-refractivity contribution is 7.91. The Labute approximate surface area is 195 Å². The molecule has 0 aliphatic carbocycles. The highest BCUT2D eigenvalue weighted by Gasteiger charge is 2.32. The standard InChI is InChI=1S/C25H22F3N3O2S/c1-3-5-17-6-8-21(28)23(25(17)34(32,33)22-14-18(26)7-9-20(22)27)24-19(15-31(4-2)30-24)16-10-12-29-13-11-16/h6-15H,3-5H2,1-2H3. The summed E-state index contributed by atoms with van der Waals surface area (Å²) in [5.41, 5.74) is 1.28. The molecule has 34 heavy (non-hydrogen) atoms. The van der Waals surface area contributed by atoms with Crippen LogP contribution < -0.4 is 0 Å². The summed E-state index contributed by atoms with van der Waals surface area (Å²) in [4.78, 5) is 2.74. The molecule has 0 unspecified atom stereocenters. The molecule has 176 valence electrons. The molecule has 0 atom stereocenters. The molecule has 4 rings (SSSR count). The SMILES string of the molecule is CCCc1ccc(F)c(-c2nn(CC)cc2-c2ccncc2)c1S(=O)(=O)c1cc(F)ccc1F. The molecule has 2 aromatic heterocycles. The minimum Gasteiger partial charge on any atom is -0.272 e. The maximum Gasteiger partial charge on any atom is 0.210 e. The normalized spacial score (nSPS) is 11.7. The maximum atomic E-state index is 15.5. The van der Waals surface area contributed by atoms with Gasteiger partial charge in [0, 0.05) is 30.7 Å². The van der Waals surface area contributed by atoms with Crippen molar-refractivity contribution in [3.05, 3.63) is 84.1 Å². The highest BCUT2D eigenvalue weighted by Crippen LogP contribution is 2.41. The molecule has 0 aliphatic heterocycles. The minimum absolute atomic E-state index is 0.0962. The van der Waals surface area contributed by atoms with Gasteiger partial charge in [-0.2, -0.15) is 5.10 Å². The molecule has 0 fully saturated rings. The summed E-state index contributed by atoms with van der Waals surface area (Å²) in [6, 6.07) is 8.15. The van der Waals surface area contributed by atoms with E-state index in [1.165, 1.54) is 12.1 Å². The number of aromatic nitrogens is 3. The number of hydrogen-bond acceptors (Lipinski definition) is 4. The molecule has 2 heterocycles. The van der Waals surface area contributed by atoms with Gasteiger partial charge in [-0.3, -0.25) is 9.67 Å². The van der Waals surface area contributed by atoms with Gasteiger partial charge in [0.25, 0.3) is 0 Å². The summed E-state index contributed by atoms with van der Waals surface area (Å²) in [6.45, 7) is 4.14. The van der Waals surface area contributed by atoms with E-state index in [1.54, 1.807) is 35.4 Å². The fourth-order valence-electron chi connectivity index (χ4n) is 3.90. The number of hydrogen-bond donors (Lipinski definition) is 0. The summed E-state index contributed by atoms with van der Waals surface area (Å²) in [7, 11) is -4.66. The lowest BCUT2D eigenvalue weighted by Gasteiger charge is -2.17. The topological polar surface area (TPSA) is 64.8 Å². The van der Waals surface area contributed by atoms with E-state index < -0.39 is 37.1 Å². The van der Waals surface area contributed by atoms with E-state index in [-0.39, 0.29) is 17.7 Å². The van der Waals surface area contributed by atoms with Crippen molar-refractivity contribution in [3.63, 3.8) is 0 Å². The summed E-state index contributed by atoms with van der Waals surface area (Å²) in [5, 5.41) is 4.47. The summed E-state index contributed by atoms with van der Waals surface area (Å²) in [6.07, 6.45) is 5.66. The lowest BCUT2D eigenvalue weighted by molar-refractivity contribution is 0.551. The Morgan fingerprint density at radius 3 is 2.32 bits per heavy atom. The fraction of sp³-hybridized carbons (Fsp3) is 0.200. The van der Waals surface area contributed by atoms with Crippen molar-refractivity contribution in [1.82, 2.24) is 14.8 Å². The smallest absolute Gasteiger partial charge is 0.210 e. The van der Waals surface area contributed by atoms with Gasteiger partial charge in [-0.05, 0) is 60.9 Å². The van der Waals surface area contributed by atoms with Crippen LogP contribution in [0.4, 0.5) is 13.2 Å². The van der Waals surface area contributed by atoms with Gasteiger partial charge in [0.15, 0.2) is 0 Å². The zero-order chi connectivity index (χ0) is 24.5. The lowest BCUT2D eigenvalue weighted by atomic mass is 9.99. The van der Waals surface area contributed by atoms with Crippen LogP contribution in [-0.4, -0.2) is 23.2 Å². The number of sulfone groups is 1. The Hall–Kier alpha value is -3.46. The van der Waals surface area contributed by atoms with Crippen LogP contribution in [0.25, 0.3) is 22.4 Å². The van der Waals surface area contributed by atoms with E-state index >= 15 is 4.39 Å². The second-order valence-corrected chi connectivity index (χ2v) is 9.58. The van der Waals surface area contributed by atoms with Crippen LogP contribution in [0.5, 0.6) is 0 Å². The van der Waals surface area contributed by atoms with Gasteiger partial charge in [0.05, 0.1) is 10.5 Å². The molecule has 9 heteroatoms. The predicted molar refractivity (Wildman–Crippen MR) is 122 cm³/mol. The molecule has 5 nitrogen and oxygen atoms in total. The van der Waals surface area contributed by atoms with Crippen LogP contribution in [0.2, 0.25) is 0 Å². The molecule has 0 saturated heterocycles. The molecular weight excluding hydrogens is 463 g/mol. The van der Waals surface area contributed by atoms with Gasteiger partial charge in [0.2, 0.25) is 9.84 Å². The highest BCUT2D eigenvalue weighted by atomic mass is 32.2. The van der Waals surface area contributed by atoms with E-state index in [0.29, 0.717) is 35.7 Å². The molecule has 0 N–H and O–H groups in total. The first-order valence-corrected chi connectivity index (χ1v) is 12.3. The van der Waals surface area contributed by atoms with Crippen LogP contribution in [0.1, 0.15) is 25.8 Å². The Balaban J connectivity index is 2.10. The molecular formula is C25H22F3N3O2S. The third-order valence-electron chi connectivity index (χ3n) is 5.47. The van der Waals surface area contributed by atoms with Crippen molar-refractivity contribution in [1.29, 1.82) is 0 Å². The van der Waals surface area contributed by atoms with Crippen LogP contribution in [0.3, 0.4) is 0 Å². The van der Waals surface area contributed by atoms with Crippen molar-refractivity contribution in [2.75, 3.05) is 0 Å². The van der Waals surface area contributed by atoms with E-state index in [0.717, 1.165) is 12.1 Å². The maximum absolute atomic E-state index is 15.5. The average Bonchev–Trinajstić information content (AvgIpc) is 3.26. The van der Waals surface area contributed by atoms with Crippen molar-refractivity contribution < 1.29 is 21.6 Å². The average molecular weight is 486 g/mol. The van der Waals surface area contributed by atoms with Gasteiger partial charge in [0.1, 0.15) is 28.0 Å². The second-order valence-electron chi connectivity index (χ2n) is 7.72. The third-order valence-corrected chi connectivity index (χ3v) is 7.37. The Morgan fingerprint density at radius 1 is 0.941 bits per heavy atom. The van der Waals surface area contributed by atoms with Gasteiger partial charge in [-0.15, -0.1) is 0 Å². The first-order valence-electron chi connectivity index (χ1n) is 10.8. The predicted octanol–water partition coefficient (Wildman–Crippen LogP) is 5.83. The largest absolute Gasteiger partial charge is 0.272 e. The molecule has 0 spiro atoms. The van der Waals surface area contributed by atoms with Crippen molar-refractivity contribution in [2.24, 2.45) is 0 Å². The van der Waals surface area contributed by atoms with Crippen molar-refractivity contribution >= 4 is 9.84 Å². The van der Waals surface area contributed by atoms with Gasteiger partial charge < -0.3 is 0 Å². The number of rotatable bonds is 7. The number of aryl methyl sites for hydroxylation is 2. The lowest BCUT2D eigenvalue weighted by Crippen LogP contribution is -2.12. The van der Waals surface area contributed by atoms with Crippen LogP contribution in [0, 0.1) is 17.5 Å². The molecule has 4 aromatic rings. The molecule has 2 aromatic carbocycles. The Kier molecular flexibility index (Phi) is 6.56. The summed E-state index contributed by atoms with van der Waals surface area (Å²) in [5.74, 6) is -2.86. The van der Waals surface area contributed by atoms with Crippen LogP contribution in [0.15, 0.2) is 70.8 Å². The molecule has 0 radical (unpaired) electrons. The number of pyridine rings is 1. The van der Waals surface area contributed by atoms with Crippen LogP contribution >= 0.6 is 0 Å². The zero-order valence-corrected chi connectivity index (χ0v) is 19.4. The molecule has 0 saturated carbocycles. The molecule has 0 bridgehead atoms. The Morgan fingerprint density at radius 2 is 1.65 bits per heavy atom. The number of benzene rings is 2. The van der Waals surface area contributed by atoms with Crippen molar-refractivity contribution in [2.45, 2.75) is 43.0 Å². The van der Waals surface area contributed by atoms with E-state index in [2.05, 4.69) is 10.1 Å². The number of halogens is 3. The van der Waals surface area contributed by atoms with Crippen molar-refractivity contribution in [3.8, 4) is 22.4 Å². The summed E-state index contributed by atoms with van der Waals surface area (Å²) < 4.78 is 73.2. The van der Waals surface area contributed by atoms with Gasteiger partial charge in [-0.25, -0.2) is 21.6 Å². The fourth-order valence-corrected chi connectivity index (χ4v) is 5.69. The first kappa shape index (κ1) is 23.7. The van der Waals surface area contributed by atoms with E-state index in [9.17, 15) is 17.2 Å².